The van der Waals surface area contributed by atoms with Crippen LogP contribution in [0.4, 0.5) is 5.69 Å². The number of anilines is 1. The second kappa shape index (κ2) is 9.34. The van der Waals surface area contributed by atoms with Crippen LogP contribution in [0, 0.1) is 0 Å². The van der Waals surface area contributed by atoms with Gasteiger partial charge < -0.3 is 20.2 Å². The van der Waals surface area contributed by atoms with Crippen LogP contribution in [0.25, 0.3) is 11.1 Å². The number of benzene rings is 3. The maximum Gasteiger partial charge on any atom is 0.256 e. The maximum absolute atomic E-state index is 13.5. The summed E-state index contributed by atoms with van der Waals surface area (Å²) in [5, 5.41) is 14.5. The summed E-state index contributed by atoms with van der Waals surface area (Å²) in [5.41, 5.74) is 2.93. The molecule has 0 radical (unpaired) electrons. The number of aliphatic hydroxyl groups excluding tert-OH is 1. The minimum atomic E-state index is -1.39. The number of nitrogens with zero attached hydrogens (tertiary/aromatic N) is 2. The van der Waals surface area contributed by atoms with Crippen molar-refractivity contribution in [2.75, 3.05) is 25.0 Å². The van der Waals surface area contributed by atoms with Crippen molar-refractivity contribution in [1.82, 2.24) is 9.80 Å². The number of fused-ring (bicyclic) bond motifs is 2. The highest BCUT2D eigenvalue weighted by molar-refractivity contribution is 6.30. The summed E-state index contributed by atoms with van der Waals surface area (Å²) in [7, 11) is 0. The molecule has 2 unspecified atom stereocenters. The summed E-state index contributed by atoms with van der Waals surface area (Å²) in [6, 6.07) is 18.1. The Hall–Kier alpha value is -3.39. The van der Waals surface area contributed by atoms with Crippen LogP contribution >= 0.6 is 23.2 Å². The Morgan fingerprint density at radius 3 is 2.23 bits per heavy atom. The second-order valence-electron chi connectivity index (χ2n) is 8.51. The average molecular weight is 510 g/mol. The Bertz CT molecular complexity index is 1310. The zero-order chi connectivity index (χ0) is 24.7. The first-order valence-corrected chi connectivity index (χ1v) is 11.8. The number of amides is 3. The molecule has 2 aliphatic rings. The van der Waals surface area contributed by atoms with E-state index in [1.807, 2.05) is 18.2 Å². The van der Waals surface area contributed by atoms with Gasteiger partial charge in [0, 0.05) is 23.1 Å². The molecular formula is C26H21Cl2N3O4. The first-order chi connectivity index (χ1) is 16.8. The zero-order valence-electron chi connectivity index (χ0n) is 18.4. The molecule has 3 aromatic carbocycles. The molecule has 0 saturated carbocycles. The number of rotatable bonds is 3. The zero-order valence-corrected chi connectivity index (χ0v) is 20.0. The van der Waals surface area contributed by atoms with E-state index in [-0.39, 0.29) is 31.4 Å². The summed E-state index contributed by atoms with van der Waals surface area (Å²) in [4.78, 5) is 42.4. The molecule has 0 bridgehead atoms. The summed E-state index contributed by atoms with van der Waals surface area (Å²) < 4.78 is 0. The van der Waals surface area contributed by atoms with Crippen LogP contribution in [0.2, 0.25) is 10.0 Å². The third-order valence-electron chi connectivity index (χ3n) is 6.36. The molecular weight excluding hydrogens is 489 g/mol. The van der Waals surface area contributed by atoms with E-state index in [2.05, 4.69) is 5.32 Å². The van der Waals surface area contributed by atoms with Gasteiger partial charge in [-0.25, -0.2) is 0 Å². The van der Waals surface area contributed by atoms with Crippen molar-refractivity contribution in [1.29, 1.82) is 0 Å². The molecule has 178 valence electrons. The van der Waals surface area contributed by atoms with Crippen molar-refractivity contribution in [3.05, 3.63) is 87.9 Å². The van der Waals surface area contributed by atoms with E-state index >= 15 is 0 Å². The van der Waals surface area contributed by atoms with Gasteiger partial charge in [-0.15, -0.1) is 0 Å². The normalized spacial score (nSPS) is 18.3. The van der Waals surface area contributed by atoms with Gasteiger partial charge in [0.15, 0.2) is 6.10 Å². The van der Waals surface area contributed by atoms with Crippen molar-refractivity contribution < 1.29 is 19.5 Å². The maximum atomic E-state index is 13.5. The number of piperazine rings is 1. The highest BCUT2D eigenvalue weighted by Crippen LogP contribution is 2.31. The molecule has 0 aromatic heterocycles. The highest BCUT2D eigenvalue weighted by Gasteiger charge is 2.41. The van der Waals surface area contributed by atoms with Crippen molar-refractivity contribution in [3.63, 3.8) is 0 Å². The highest BCUT2D eigenvalue weighted by atomic mass is 35.5. The molecule has 0 aliphatic carbocycles. The van der Waals surface area contributed by atoms with Crippen LogP contribution in [0.3, 0.4) is 0 Å². The van der Waals surface area contributed by atoms with Crippen LogP contribution in [0.5, 0.6) is 0 Å². The van der Waals surface area contributed by atoms with Crippen molar-refractivity contribution in [3.8, 4) is 11.1 Å². The molecule has 1 fully saturated rings. The molecule has 2 heterocycles. The molecule has 2 N–H and O–H groups in total. The number of hydrogen-bond donors (Lipinski definition) is 2. The van der Waals surface area contributed by atoms with Gasteiger partial charge >= 0.3 is 0 Å². The molecule has 1 saturated heterocycles. The number of halogens is 2. The summed E-state index contributed by atoms with van der Waals surface area (Å²) in [6.07, 6.45) is -1.39. The summed E-state index contributed by atoms with van der Waals surface area (Å²) in [6.45, 7) is 0.352. The lowest BCUT2D eigenvalue weighted by atomic mass is 10.0. The number of nitrogens with one attached hydrogen (secondary N) is 1. The van der Waals surface area contributed by atoms with Crippen LogP contribution in [-0.2, 0) is 9.59 Å². The standard InChI is InChI=1S/C26H21Cl2N3O4/c27-18-6-1-15(2-7-18)17-5-10-21-20(13-17)25(34)31-12-11-30(14-22(31)24(33)29-21)26(35)23(32)16-3-8-19(28)9-4-16/h1-10,13,22-23,32H,11-12,14H2,(H,29,33). The lowest BCUT2D eigenvalue weighted by Gasteiger charge is -2.40. The van der Waals surface area contributed by atoms with Crippen LogP contribution in [0.15, 0.2) is 66.7 Å². The first kappa shape index (κ1) is 23.4. The molecule has 35 heavy (non-hydrogen) atoms. The monoisotopic (exact) mass is 509 g/mol. The van der Waals surface area contributed by atoms with Crippen molar-refractivity contribution >= 4 is 46.6 Å². The minimum Gasteiger partial charge on any atom is -0.378 e. The van der Waals surface area contributed by atoms with Gasteiger partial charge in [-0.2, -0.15) is 0 Å². The van der Waals surface area contributed by atoms with E-state index in [4.69, 9.17) is 23.2 Å². The lowest BCUT2D eigenvalue weighted by molar-refractivity contribution is -0.144. The fraction of sp³-hybridized carbons (Fsp3) is 0.192. The predicted molar refractivity (Wildman–Crippen MR) is 133 cm³/mol. The van der Waals surface area contributed by atoms with E-state index in [0.29, 0.717) is 26.9 Å². The Labute approximate surface area is 211 Å². The van der Waals surface area contributed by atoms with E-state index in [0.717, 1.165) is 11.1 Å². The molecule has 7 nitrogen and oxygen atoms in total. The molecule has 3 aromatic rings. The quantitative estimate of drug-likeness (QED) is 0.558. The van der Waals surface area contributed by atoms with Gasteiger partial charge in [-0.3, -0.25) is 14.4 Å². The number of carbonyl (C=O) groups is 3. The fourth-order valence-electron chi connectivity index (χ4n) is 4.43. The predicted octanol–water partition coefficient (Wildman–Crippen LogP) is 4.00. The molecule has 2 atom stereocenters. The number of carbonyl (C=O) groups excluding carboxylic acids is 3. The van der Waals surface area contributed by atoms with E-state index in [9.17, 15) is 19.5 Å². The summed E-state index contributed by atoms with van der Waals surface area (Å²) in [5.74, 6) is -1.20. The molecule has 2 aliphatic heterocycles. The van der Waals surface area contributed by atoms with E-state index in [1.54, 1.807) is 48.5 Å². The molecule has 5 rings (SSSR count). The fourth-order valence-corrected chi connectivity index (χ4v) is 4.69. The van der Waals surface area contributed by atoms with Gasteiger partial charge in [0.2, 0.25) is 5.91 Å². The SMILES string of the molecule is O=C1Nc2ccc(-c3ccc(Cl)cc3)cc2C(=O)N2CCN(C(=O)C(O)c3ccc(Cl)cc3)CC12. The van der Waals surface area contributed by atoms with Gasteiger partial charge in [0.1, 0.15) is 6.04 Å². The molecule has 9 heteroatoms. The van der Waals surface area contributed by atoms with Gasteiger partial charge in [-0.1, -0.05) is 53.5 Å². The first-order valence-electron chi connectivity index (χ1n) is 11.1. The van der Waals surface area contributed by atoms with Gasteiger partial charge in [-0.05, 0) is 53.1 Å². The Balaban J connectivity index is 1.38. The van der Waals surface area contributed by atoms with Gasteiger partial charge in [0.25, 0.3) is 11.8 Å². The Kier molecular flexibility index (Phi) is 6.23. The van der Waals surface area contributed by atoms with Crippen molar-refractivity contribution in [2.45, 2.75) is 12.1 Å². The average Bonchev–Trinajstić information content (AvgIpc) is 2.97. The number of aliphatic hydroxyl groups is 1. The molecule has 0 spiro atoms. The van der Waals surface area contributed by atoms with Crippen LogP contribution < -0.4 is 5.32 Å². The largest absolute Gasteiger partial charge is 0.378 e. The van der Waals surface area contributed by atoms with Crippen LogP contribution in [0.1, 0.15) is 22.0 Å². The minimum absolute atomic E-state index is 0.0148. The lowest BCUT2D eigenvalue weighted by Crippen LogP contribution is -2.60. The third kappa shape index (κ3) is 4.50. The van der Waals surface area contributed by atoms with E-state index in [1.165, 1.54) is 9.80 Å². The van der Waals surface area contributed by atoms with Crippen LogP contribution in [-0.4, -0.2) is 58.3 Å². The van der Waals surface area contributed by atoms with E-state index < -0.39 is 18.1 Å². The Morgan fingerprint density at radius 1 is 0.914 bits per heavy atom. The van der Waals surface area contributed by atoms with Crippen molar-refractivity contribution in [2.24, 2.45) is 0 Å². The second-order valence-corrected chi connectivity index (χ2v) is 9.38. The number of hydrogen-bond acceptors (Lipinski definition) is 4. The van der Waals surface area contributed by atoms with Gasteiger partial charge in [0.05, 0.1) is 17.8 Å². The third-order valence-corrected chi connectivity index (χ3v) is 6.86. The molecule has 3 amide bonds. The Morgan fingerprint density at radius 2 is 1.54 bits per heavy atom. The summed E-state index contributed by atoms with van der Waals surface area (Å²) >= 11 is 11.9. The topological polar surface area (TPSA) is 90.0 Å². The smallest absolute Gasteiger partial charge is 0.256 e.